The molecule has 1 fully saturated rings. The summed E-state index contributed by atoms with van der Waals surface area (Å²) in [6.07, 6.45) is 1.08. The van der Waals surface area contributed by atoms with Gasteiger partial charge >= 0.3 is 0 Å². The van der Waals surface area contributed by atoms with Gasteiger partial charge in [-0.05, 0) is 17.7 Å². The summed E-state index contributed by atoms with van der Waals surface area (Å²) in [6, 6.07) is 5.47. The Morgan fingerprint density at radius 1 is 1.22 bits per heavy atom. The number of sulfone groups is 1. The Bertz CT molecular complexity index is 534. The van der Waals surface area contributed by atoms with Gasteiger partial charge in [-0.25, -0.2) is 12.8 Å². The molecule has 0 bridgehead atoms. The predicted molar refractivity (Wildman–Crippen MR) is 64.4 cm³/mol. The van der Waals surface area contributed by atoms with Gasteiger partial charge in [0.1, 0.15) is 5.82 Å². The van der Waals surface area contributed by atoms with E-state index in [0.717, 1.165) is 6.26 Å². The van der Waals surface area contributed by atoms with Crippen LogP contribution >= 0.6 is 0 Å². The molecule has 0 heterocycles. The van der Waals surface area contributed by atoms with Gasteiger partial charge < -0.3 is 10.2 Å². The van der Waals surface area contributed by atoms with Crippen LogP contribution in [0.15, 0.2) is 24.3 Å². The fraction of sp³-hybridized carbons (Fsp3) is 0.500. The van der Waals surface area contributed by atoms with Crippen LogP contribution in [0, 0.1) is 11.2 Å². The molecule has 0 spiro atoms. The molecule has 1 aliphatic rings. The maximum atomic E-state index is 12.8. The summed E-state index contributed by atoms with van der Waals surface area (Å²) in [6.45, 7) is -0.827. The third kappa shape index (κ3) is 1.94. The molecule has 2 rings (SSSR count). The van der Waals surface area contributed by atoms with Crippen LogP contribution in [0.25, 0.3) is 0 Å². The van der Waals surface area contributed by atoms with Gasteiger partial charge in [0.05, 0.1) is 18.5 Å². The number of aliphatic hydroxyl groups is 2. The molecule has 2 N–H and O–H groups in total. The number of halogens is 1. The summed E-state index contributed by atoms with van der Waals surface area (Å²) in [5.74, 6) is -0.892. The molecule has 0 unspecified atom stereocenters. The van der Waals surface area contributed by atoms with E-state index in [1.165, 1.54) is 24.3 Å². The van der Waals surface area contributed by atoms with Gasteiger partial charge in [-0.15, -0.1) is 0 Å². The molecular formula is C12H15FO4S. The minimum absolute atomic E-state index is 0.408. The molecule has 6 heteroatoms. The summed E-state index contributed by atoms with van der Waals surface area (Å²) < 4.78 is 36.2. The van der Waals surface area contributed by atoms with Crippen LogP contribution in [-0.2, 0) is 9.84 Å². The zero-order chi connectivity index (χ0) is 13.6. The van der Waals surface area contributed by atoms with E-state index in [4.69, 9.17) is 0 Å². The lowest BCUT2D eigenvalue weighted by molar-refractivity contribution is 0.130. The predicted octanol–water partition coefficient (Wildman–Crippen LogP) is 0.307. The second-order valence-corrected chi connectivity index (χ2v) is 7.00. The summed E-state index contributed by atoms with van der Waals surface area (Å²) in [7, 11) is -3.38. The van der Waals surface area contributed by atoms with Crippen molar-refractivity contribution in [2.24, 2.45) is 5.41 Å². The molecule has 1 aromatic carbocycles. The Balaban J connectivity index is 2.41. The molecule has 0 aromatic heterocycles. The topological polar surface area (TPSA) is 74.6 Å². The van der Waals surface area contributed by atoms with Gasteiger partial charge in [-0.3, -0.25) is 0 Å². The van der Waals surface area contributed by atoms with Gasteiger partial charge in [0.25, 0.3) is 0 Å². The first-order chi connectivity index (χ1) is 8.36. The SMILES string of the molecule is CS(=O)(=O)[C@H]1[C@H](c2ccc(F)cc2)C1(CO)CO. The Morgan fingerprint density at radius 3 is 2.06 bits per heavy atom. The van der Waals surface area contributed by atoms with Crippen molar-refractivity contribution in [3.63, 3.8) is 0 Å². The van der Waals surface area contributed by atoms with Crippen LogP contribution in [0.4, 0.5) is 4.39 Å². The zero-order valence-electron chi connectivity index (χ0n) is 9.88. The zero-order valence-corrected chi connectivity index (χ0v) is 10.7. The monoisotopic (exact) mass is 274 g/mol. The highest BCUT2D eigenvalue weighted by Gasteiger charge is 2.69. The normalized spacial score (nSPS) is 26.0. The molecule has 1 aliphatic carbocycles. The lowest BCUT2D eigenvalue weighted by atomic mass is 10.0. The molecule has 1 aromatic rings. The Morgan fingerprint density at radius 2 is 1.72 bits per heavy atom. The van der Waals surface area contributed by atoms with E-state index in [1.54, 1.807) is 0 Å². The van der Waals surface area contributed by atoms with E-state index in [2.05, 4.69) is 0 Å². The largest absolute Gasteiger partial charge is 0.396 e. The van der Waals surface area contributed by atoms with Crippen LogP contribution in [0.5, 0.6) is 0 Å². The maximum Gasteiger partial charge on any atom is 0.151 e. The molecule has 2 atom stereocenters. The Hall–Kier alpha value is -0.980. The van der Waals surface area contributed by atoms with E-state index in [-0.39, 0.29) is 0 Å². The average Bonchev–Trinajstić information content (AvgIpc) is 3.00. The van der Waals surface area contributed by atoms with Gasteiger partial charge in [-0.2, -0.15) is 0 Å². The molecule has 18 heavy (non-hydrogen) atoms. The van der Waals surface area contributed by atoms with Crippen molar-refractivity contribution < 1.29 is 23.0 Å². The van der Waals surface area contributed by atoms with Crippen LogP contribution in [0.3, 0.4) is 0 Å². The van der Waals surface area contributed by atoms with Crippen molar-refractivity contribution in [3.05, 3.63) is 35.6 Å². The third-order valence-electron chi connectivity index (χ3n) is 3.66. The lowest BCUT2D eigenvalue weighted by Gasteiger charge is -2.10. The van der Waals surface area contributed by atoms with Crippen molar-refractivity contribution in [2.45, 2.75) is 11.2 Å². The first-order valence-electron chi connectivity index (χ1n) is 5.53. The van der Waals surface area contributed by atoms with E-state index >= 15 is 0 Å². The van der Waals surface area contributed by atoms with Crippen LogP contribution in [0.2, 0.25) is 0 Å². The van der Waals surface area contributed by atoms with E-state index in [9.17, 15) is 23.0 Å². The number of aliphatic hydroxyl groups excluding tert-OH is 2. The molecule has 0 aliphatic heterocycles. The van der Waals surface area contributed by atoms with Crippen molar-refractivity contribution >= 4 is 9.84 Å². The van der Waals surface area contributed by atoms with Crippen molar-refractivity contribution in [1.29, 1.82) is 0 Å². The molecule has 4 nitrogen and oxygen atoms in total. The summed E-state index contributed by atoms with van der Waals surface area (Å²) in [4.78, 5) is 0. The fourth-order valence-electron chi connectivity index (χ4n) is 2.73. The second kappa shape index (κ2) is 4.29. The highest BCUT2D eigenvalue weighted by atomic mass is 32.2. The molecule has 0 amide bonds. The average molecular weight is 274 g/mol. The number of hydrogen-bond donors (Lipinski definition) is 2. The number of hydrogen-bond acceptors (Lipinski definition) is 4. The van der Waals surface area contributed by atoms with Gasteiger partial charge in [0.2, 0.25) is 0 Å². The van der Waals surface area contributed by atoms with E-state index < -0.39 is 45.5 Å². The summed E-state index contributed by atoms with van der Waals surface area (Å²) in [5, 5.41) is 17.9. The van der Waals surface area contributed by atoms with Crippen LogP contribution in [-0.4, -0.2) is 43.4 Å². The number of benzene rings is 1. The molecular weight excluding hydrogens is 259 g/mol. The summed E-state index contributed by atoms with van der Waals surface area (Å²) >= 11 is 0. The van der Waals surface area contributed by atoms with Crippen LogP contribution < -0.4 is 0 Å². The van der Waals surface area contributed by atoms with Crippen molar-refractivity contribution in [2.75, 3.05) is 19.5 Å². The molecule has 100 valence electrons. The van der Waals surface area contributed by atoms with Gasteiger partial charge in [0, 0.05) is 17.6 Å². The number of rotatable bonds is 4. The van der Waals surface area contributed by atoms with Gasteiger partial charge in [-0.1, -0.05) is 12.1 Å². The first kappa shape index (κ1) is 13.5. The minimum atomic E-state index is -3.38. The highest BCUT2D eigenvalue weighted by molar-refractivity contribution is 7.91. The second-order valence-electron chi connectivity index (χ2n) is 4.83. The Kier molecular flexibility index (Phi) is 3.21. The third-order valence-corrected chi connectivity index (χ3v) is 5.32. The fourth-order valence-corrected chi connectivity index (χ4v) is 4.72. The maximum absolute atomic E-state index is 12.8. The lowest BCUT2D eigenvalue weighted by Crippen LogP contribution is -2.22. The minimum Gasteiger partial charge on any atom is -0.396 e. The molecule has 1 saturated carbocycles. The van der Waals surface area contributed by atoms with Crippen LogP contribution in [0.1, 0.15) is 11.5 Å². The standard InChI is InChI=1S/C12H15FO4S/c1-18(16,17)11-10(12(11,6-14)7-15)8-2-4-9(13)5-3-8/h2-5,10-11,14-15H,6-7H2,1H3/t10-,11-/m0/s1. The smallest absolute Gasteiger partial charge is 0.151 e. The summed E-state index contributed by atoms with van der Waals surface area (Å²) in [5.41, 5.74) is -0.430. The van der Waals surface area contributed by atoms with Crippen molar-refractivity contribution in [3.8, 4) is 0 Å². The van der Waals surface area contributed by atoms with Crippen molar-refractivity contribution in [1.82, 2.24) is 0 Å². The Labute approximate surface area is 105 Å². The first-order valence-corrected chi connectivity index (χ1v) is 7.48. The quantitative estimate of drug-likeness (QED) is 0.828. The highest BCUT2D eigenvalue weighted by Crippen LogP contribution is 2.62. The molecule has 0 saturated heterocycles. The molecule has 0 radical (unpaired) electrons. The van der Waals surface area contributed by atoms with E-state index in [0.29, 0.717) is 5.56 Å². The van der Waals surface area contributed by atoms with E-state index in [1.807, 2.05) is 0 Å². The van der Waals surface area contributed by atoms with Gasteiger partial charge in [0.15, 0.2) is 9.84 Å².